The first-order chi connectivity index (χ1) is 8.04. The minimum Gasteiger partial charge on any atom is -0.315 e. The second-order valence-electron chi connectivity index (χ2n) is 6.45. The molecule has 1 N–H and O–H groups in total. The van der Waals surface area contributed by atoms with E-state index in [0.29, 0.717) is 12.6 Å². The Morgan fingerprint density at radius 3 is 2.17 bits per heavy atom. The molecule has 5 heteroatoms. The zero-order valence-corrected chi connectivity index (χ0v) is 13.6. The molecule has 110 valence electrons. The molecule has 0 spiro atoms. The highest BCUT2D eigenvalue weighted by molar-refractivity contribution is 7.89. The van der Waals surface area contributed by atoms with Gasteiger partial charge in [0, 0.05) is 19.6 Å². The normalized spacial score (nSPS) is 13.6. The quantitative estimate of drug-likeness (QED) is 0.692. The average molecular weight is 278 g/mol. The lowest BCUT2D eigenvalue weighted by Gasteiger charge is -2.26. The van der Waals surface area contributed by atoms with Crippen LogP contribution in [0.25, 0.3) is 0 Å². The number of nitrogens with one attached hydrogen (secondary N) is 1. The van der Waals surface area contributed by atoms with Gasteiger partial charge in [0.05, 0.1) is 5.75 Å². The van der Waals surface area contributed by atoms with Gasteiger partial charge in [0.1, 0.15) is 0 Å². The minimum atomic E-state index is -3.09. The third-order valence-corrected chi connectivity index (χ3v) is 4.44. The van der Waals surface area contributed by atoms with Crippen molar-refractivity contribution in [3.63, 3.8) is 0 Å². The lowest BCUT2D eigenvalue weighted by Crippen LogP contribution is -2.36. The second-order valence-corrected chi connectivity index (χ2v) is 8.64. The molecule has 0 radical (unpaired) electrons. The fourth-order valence-corrected chi connectivity index (χ4v) is 3.19. The maximum Gasteiger partial charge on any atom is 0.213 e. The Hall–Kier alpha value is -0.130. The number of hydrogen-bond acceptors (Lipinski definition) is 3. The van der Waals surface area contributed by atoms with Gasteiger partial charge in [-0.2, -0.15) is 0 Å². The van der Waals surface area contributed by atoms with Gasteiger partial charge in [-0.15, -0.1) is 0 Å². The summed E-state index contributed by atoms with van der Waals surface area (Å²) in [5, 5.41) is 3.29. The zero-order valence-electron chi connectivity index (χ0n) is 12.8. The first-order valence-electron chi connectivity index (χ1n) is 6.72. The Morgan fingerprint density at radius 1 is 1.17 bits per heavy atom. The number of sulfonamides is 1. The van der Waals surface area contributed by atoms with Crippen LogP contribution in [0.15, 0.2) is 0 Å². The van der Waals surface area contributed by atoms with E-state index >= 15 is 0 Å². The molecule has 0 aliphatic heterocycles. The molecule has 0 aromatic carbocycles. The summed E-state index contributed by atoms with van der Waals surface area (Å²) in [6.45, 7) is 11.8. The lowest BCUT2D eigenvalue weighted by molar-refractivity contribution is 0.310. The van der Waals surface area contributed by atoms with Gasteiger partial charge in [-0.05, 0) is 24.8 Å². The minimum absolute atomic E-state index is 0.00101. The predicted molar refractivity (Wildman–Crippen MR) is 78.2 cm³/mol. The fourth-order valence-electron chi connectivity index (χ4n) is 1.72. The topological polar surface area (TPSA) is 49.4 Å². The van der Waals surface area contributed by atoms with E-state index in [4.69, 9.17) is 0 Å². The highest BCUT2D eigenvalue weighted by atomic mass is 32.2. The van der Waals surface area contributed by atoms with E-state index in [2.05, 4.69) is 19.2 Å². The van der Waals surface area contributed by atoms with Gasteiger partial charge in [-0.1, -0.05) is 34.6 Å². The van der Waals surface area contributed by atoms with Gasteiger partial charge in [-0.3, -0.25) is 0 Å². The van der Waals surface area contributed by atoms with Crippen LogP contribution in [0.1, 0.15) is 47.5 Å². The summed E-state index contributed by atoms with van der Waals surface area (Å²) in [4.78, 5) is 0. The van der Waals surface area contributed by atoms with Gasteiger partial charge < -0.3 is 5.32 Å². The van der Waals surface area contributed by atoms with Crippen LogP contribution in [0.2, 0.25) is 0 Å². The van der Waals surface area contributed by atoms with Gasteiger partial charge in [0.2, 0.25) is 10.0 Å². The van der Waals surface area contributed by atoms with Crippen molar-refractivity contribution < 1.29 is 8.42 Å². The molecule has 0 bridgehead atoms. The molecule has 0 atom stereocenters. The van der Waals surface area contributed by atoms with E-state index in [1.807, 2.05) is 20.8 Å². The molecule has 0 aromatic rings. The van der Waals surface area contributed by atoms with E-state index in [-0.39, 0.29) is 11.2 Å². The maximum atomic E-state index is 12.0. The monoisotopic (exact) mass is 278 g/mol. The van der Waals surface area contributed by atoms with Crippen LogP contribution < -0.4 is 5.32 Å². The molecular formula is C13H30N2O2S. The smallest absolute Gasteiger partial charge is 0.213 e. The van der Waals surface area contributed by atoms with E-state index in [9.17, 15) is 8.42 Å². The summed E-state index contributed by atoms with van der Waals surface area (Å²) < 4.78 is 25.5. The van der Waals surface area contributed by atoms with Crippen molar-refractivity contribution in [1.82, 2.24) is 9.62 Å². The van der Waals surface area contributed by atoms with Gasteiger partial charge in [0.15, 0.2) is 0 Å². The standard InChI is InChI=1S/C13H30N2O2S/c1-12(2)14-9-7-8-10-18(16,17)15(6)11-13(3,4)5/h12,14H,7-11H2,1-6H3. The molecule has 0 saturated carbocycles. The SMILES string of the molecule is CC(C)NCCCCS(=O)(=O)N(C)CC(C)(C)C. The number of unbranched alkanes of at least 4 members (excludes halogenated alkanes) is 1. The Bertz CT molecular complexity index is 318. The molecule has 0 aromatic heterocycles. The van der Waals surface area contributed by atoms with Crippen LogP contribution in [0.5, 0.6) is 0 Å². The molecule has 0 fully saturated rings. The summed E-state index contributed by atoms with van der Waals surface area (Å²) in [7, 11) is -1.42. The third kappa shape index (κ3) is 8.89. The largest absolute Gasteiger partial charge is 0.315 e. The molecule has 0 aliphatic carbocycles. The fraction of sp³-hybridized carbons (Fsp3) is 1.00. The first kappa shape index (κ1) is 17.9. The van der Waals surface area contributed by atoms with Crippen molar-refractivity contribution in [3.05, 3.63) is 0 Å². The molecule has 4 nitrogen and oxygen atoms in total. The summed E-state index contributed by atoms with van der Waals surface area (Å²) in [5.41, 5.74) is 0.00101. The highest BCUT2D eigenvalue weighted by Gasteiger charge is 2.22. The lowest BCUT2D eigenvalue weighted by atomic mass is 9.97. The van der Waals surface area contributed by atoms with Crippen LogP contribution in [0.3, 0.4) is 0 Å². The van der Waals surface area contributed by atoms with Crippen LogP contribution in [0, 0.1) is 5.41 Å². The summed E-state index contributed by atoms with van der Waals surface area (Å²) in [6.07, 6.45) is 1.62. The molecule has 0 heterocycles. The Kier molecular flexibility index (Phi) is 7.40. The maximum absolute atomic E-state index is 12.0. The molecule has 0 amide bonds. The van der Waals surface area contributed by atoms with E-state index in [0.717, 1.165) is 19.4 Å². The number of hydrogen-bond donors (Lipinski definition) is 1. The van der Waals surface area contributed by atoms with Gasteiger partial charge >= 0.3 is 0 Å². The Morgan fingerprint density at radius 2 is 1.72 bits per heavy atom. The van der Waals surface area contributed by atoms with E-state index in [1.54, 1.807) is 7.05 Å². The van der Waals surface area contributed by atoms with Crippen LogP contribution in [-0.4, -0.2) is 44.7 Å². The van der Waals surface area contributed by atoms with Crippen molar-refractivity contribution in [1.29, 1.82) is 0 Å². The Labute approximate surface area is 113 Å². The highest BCUT2D eigenvalue weighted by Crippen LogP contribution is 2.16. The van der Waals surface area contributed by atoms with Crippen LogP contribution in [-0.2, 0) is 10.0 Å². The van der Waals surface area contributed by atoms with Crippen molar-refractivity contribution in [2.45, 2.75) is 53.5 Å². The average Bonchev–Trinajstić information content (AvgIpc) is 2.13. The summed E-state index contributed by atoms with van der Waals surface area (Å²) in [6, 6.07) is 0.463. The summed E-state index contributed by atoms with van der Waals surface area (Å²) in [5.74, 6) is 0.249. The van der Waals surface area contributed by atoms with Gasteiger partial charge in [0.25, 0.3) is 0 Å². The molecule has 0 unspecified atom stereocenters. The first-order valence-corrected chi connectivity index (χ1v) is 8.33. The van der Waals surface area contributed by atoms with E-state index in [1.165, 1.54) is 4.31 Å². The molecule has 0 aliphatic rings. The molecule has 18 heavy (non-hydrogen) atoms. The van der Waals surface area contributed by atoms with Crippen LogP contribution >= 0.6 is 0 Å². The van der Waals surface area contributed by atoms with Crippen molar-refractivity contribution in [2.75, 3.05) is 25.9 Å². The third-order valence-electron chi connectivity index (χ3n) is 2.55. The van der Waals surface area contributed by atoms with Crippen molar-refractivity contribution >= 4 is 10.0 Å². The molecular weight excluding hydrogens is 248 g/mol. The van der Waals surface area contributed by atoms with Gasteiger partial charge in [-0.25, -0.2) is 12.7 Å². The number of nitrogens with zero attached hydrogens (tertiary/aromatic N) is 1. The summed E-state index contributed by atoms with van der Waals surface area (Å²) >= 11 is 0. The van der Waals surface area contributed by atoms with Crippen LogP contribution in [0.4, 0.5) is 0 Å². The molecule has 0 rings (SSSR count). The number of rotatable bonds is 8. The van der Waals surface area contributed by atoms with Crippen molar-refractivity contribution in [3.8, 4) is 0 Å². The van der Waals surface area contributed by atoms with Crippen molar-refractivity contribution in [2.24, 2.45) is 5.41 Å². The second kappa shape index (κ2) is 7.46. The zero-order chi connectivity index (χ0) is 14.4. The van der Waals surface area contributed by atoms with E-state index < -0.39 is 10.0 Å². The Balaban J connectivity index is 4.01. The molecule has 0 saturated heterocycles. The predicted octanol–water partition coefficient (Wildman–Crippen LogP) is 2.07.